The van der Waals surface area contributed by atoms with Gasteiger partial charge in [0.1, 0.15) is 46.6 Å². The molecule has 0 saturated heterocycles. The Hall–Kier alpha value is -5.65. The van der Waals surface area contributed by atoms with Crippen LogP contribution in [0.15, 0.2) is 0 Å². The third-order valence-corrected chi connectivity index (χ3v) is 5.62. The molecule has 0 radical (unpaired) electrons. The van der Waals surface area contributed by atoms with E-state index in [-0.39, 0.29) is 13.1 Å². The van der Waals surface area contributed by atoms with Crippen molar-refractivity contribution in [1.29, 1.82) is 0 Å². The Labute approximate surface area is 350 Å². The zero-order chi connectivity index (χ0) is 48.4. The minimum absolute atomic E-state index is 0.0358. The Kier molecular flexibility index (Phi) is 29.2. The molecule has 60 heavy (non-hydrogen) atoms. The van der Waals surface area contributed by atoms with Gasteiger partial charge in [-0.3, -0.25) is 4.79 Å². The first-order valence-corrected chi connectivity index (χ1v) is 18.3. The summed E-state index contributed by atoms with van der Waals surface area (Å²) in [5.41, 5.74) is 12.7. The van der Waals surface area contributed by atoms with E-state index in [1.165, 1.54) is 14.2 Å². The Bertz CT molecular complexity index is 1350. The maximum Gasteiger partial charge on any atom is 0.408 e. The fraction of sp³-hybridized carbons (Fsp3) is 0.750. The highest BCUT2D eigenvalue weighted by atomic mass is 16.6. The average molecular weight is 872 g/mol. The molecule has 0 bridgehead atoms. The molecule has 350 valence electrons. The minimum atomic E-state index is -1.37. The van der Waals surface area contributed by atoms with Crippen LogP contribution in [0.2, 0.25) is 0 Å². The van der Waals surface area contributed by atoms with Crippen molar-refractivity contribution in [3.8, 4) is 0 Å². The monoisotopic (exact) mass is 871 g/mol. The molecule has 0 spiro atoms. The standard InChI is InChI=1S/C10H19NO4.C9H16N2O5.C9H18N2O4.C8H16N2O4/c1-6-7(8(12)14-5)11-9(13)15-10(2,3)4;1-9(2,3)16-8(15)11-5(7(13)14)4-6(10)12;1-9(2,3)15-8(13)11-6(5-10)7(12)14-4;1-8(2,3)14-7(13)10-5(4-9)6(11)12/h7H,6H2,1-5H3,(H,11,13);5H,4H2,1-3H3,(H2,10,12)(H,11,15)(H,13,14);6H,5,10H2,1-4H3,(H,11,13);5H,4,9H2,1-3H3,(H,10,13)(H,11,12)/t7-;5-;6-;5-/m0000/s1. The number of amides is 5. The highest BCUT2D eigenvalue weighted by Gasteiger charge is 2.27. The van der Waals surface area contributed by atoms with Crippen LogP contribution in [0.1, 0.15) is 103 Å². The van der Waals surface area contributed by atoms with Crippen molar-refractivity contribution in [3.63, 3.8) is 0 Å². The van der Waals surface area contributed by atoms with Gasteiger partial charge < -0.3 is 77.1 Å². The first kappa shape index (κ1) is 61.0. The molecule has 0 rings (SSSR count). The van der Waals surface area contributed by atoms with Gasteiger partial charge in [0.05, 0.1) is 20.6 Å². The first-order chi connectivity index (χ1) is 27.0. The van der Waals surface area contributed by atoms with E-state index in [9.17, 15) is 43.2 Å². The zero-order valence-corrected chi connectivity index (χ0v) is 37.4. The number of aliphatic carboxylic acids is 2. The Morgan fingerprint density at radius 1 is 0.483 bits per heavy atom. The maximum absolute atomic E-state index is 11.3. The number of esters is 2. The lowest BCUT2D eigenvalue weighted by molar-refractivity contribution is -0.143. The normalized spacial score (nSPS) is 12.9. The van der Waals surface area contributed by atoms with Gasteiger partial charge in [0.15, 0.2) is 0 Å². The molecule has 24 nitrogen and oxygen atoms in total. The van der Waals surface area contributed by atoms with Crippen molar-refractivity contribution < 1.29 is 81.8 Å². The van der Waals surface area contributed by atoms with Gasteiger partial charge in [-0.05, 0) is 89.5 Å². The number of hydrogen-bond donors (Lipinski definition) is 9. The number of hydrogen-bond acceptors (Lipinski definition) is 17. The van der Waals surface area contributed by atoms with Crippen molar-refractivity contribution >= 4 is 54.2 Å². The van der Waals surface area contributed by atoms with Gasteiger partial charge in [0, 0.05) is 13.1 Å². The molecule has 0 aliphatic heterocycles. The molecule has 0 fully saturated rings. The topological polar surface area (TPSA) is 376 Å². The third kappa shape index (κ3) is 37.9. The average Bonchev–Trinajstić information content (AvgIpc) is 3.04. The summed E-state index contributed by atoms with van der Waals surface area (Å²) >= 11 is 0. The van der Waals surface area contributed by atoms with Crippen LogP contribution in [-0.4, -0.2) is 138 Å². The molecule has 5 amide bonds. The number of rotatable bonds is 13. The summed E-state index contributed by atoms with van der Waals surface area (Å²) in [7, 11) is 2.50. The third-order valence-electron chi connectivity index (χ3n) is 5.62. The Balaban J connectivity index is -0.000000349. The SMILES string of the molecule is CC(C)(C)OC(=O)N[C@@H](CC(N)=O)C(=O)O.CC(C)(C)OC(=O)N[C@@H](CN)C(=O)O.CC[C@H](NC(=O)OC(C)(C)C)C(=O)OC.COC(=O)[C@H](CN)NC(=O)OC(C)(C)C. The number of carbonyl (C=O) groups is 9. The molecule has 0 aliphatic carbocycles. The van der Waals surface area contributed by atoms with Crippen molar-refractivity contribution in [1.82, 2.24) is 21.3 Å². The molecule has 0 unspecified atom stereocenters. The smallest absolute Gasteiger partial charge is 0.408 e. The number of ether oxygens (including phenoxy) is 6. The first-order valence-electron chi connectivity index (χ1n) is 18.3. The number of carboxylic acid groups (broad SMARTS) is 2. The van der Waals surface area contributed by atoms with Crippen LogP contribution in [0, 0.1) is 0 Å². The summed E-state index contributed by atoms with van der Waals surface area (Å²) in [6.07, 6.45) is -3.00. The Morgan fingerprint density at radius 2 is 0.733 bits per heavy atom. The lowest BCUT2D eigenvalue weighted by Crippen LogP contribution is -2.48. The van der Waals surface area contributed by atoms with Crippen LogP contribution in [0.5, 0.6) is 0 Å². The molecule has 0 aliphatic rings. The summed E-state index contributed by atoms with van der Waals surface area (Å²) in [4.78, 5) is 98.8. The van der Waals surface area contributed by atoms with Crippen molar-refractivity contribution in [2.45, 2.75) is 149 Å². The van der Waals surface area contributed by atoms with Gasteiger partial charge >= 0.3 is 48.3 Å². The van der Waals surface area contributed by atoms with E-state index in [1.54, 1.807) is 90.0 Å². The van der Waals surface area contributed by atoms with E-state index in [0.717, 1.165) is 0 Å². The van der Waals surface area contributed by atoms with Crippen molar-refractivity contribution in [2.75, 3.05) is 27.3 Å². The molecule has 12 N–H and O–H groups in total. The number of carbonyl (C=O) groups excluding carboxylic acids is 7. The van der Waals surface area contributed by atoms with Crippen LogP contribution in [0.25, 0.3) is 0 Å². The largest absolute Gasteiger partial charge is 0.480 e. The second-order valence-corrected chi connectivity index (χ2v) is 16.1. The lowest BCUT2D eigenvalue weighted by atomic mass is 10.2. The minimum Gasteiger partial charge on any atom is -0.480 e. The quantitative estimate of drug-likeness (QED) is 0.0928. The summed E-state index contributed by atoms with van der Waals surface area (Å²) in [6.45, 7) is 22.0. The van der Waals surface area contributed by atoms with Crippen LogP contribution in [-0.2, 0) is 52.4 Å². The summed E-state index contributed by atoms with van der Waals surface area (Å²) in [5.74, 6) is -4.40. The van der Waals surface area contributed by atoms with Gasteiger partial charge in [-0.2, -0.15) is 0 Å². The number of nitrogens with two attached hydrogens (primary N) is 3. The van der Waals surface area contributed by atoms with E-state index in [4.69, 9.17) is 46.4 Å². The highest BCUT2D eigenvalue weighted by molar-refractivity contribution is 5.86. The molecule has 4 atom stereocenters. The van der Waals surface area contributed by atoms with Crippen LogP contribution in [0.3, 0.4) is 0 Å². The van der Waals surface area contributed by atoms with E-state index < -0.39 is 107 Å². The fourth-order valence-electron chi connectivity index (χ4n) is 3.25. The van der Waals surface area contributed by atoms with E-state index in [2.05, 4.69) is 25.4 Å². The number of carboxylic acids is 2. The van der Waals surface area contributed by atoms with Gasteiger partial charge in [0.2, 0.25) is 5.91 Å². The van der Waals surface area contributed by atoms with Crippen molar-refractivity contribution in [2.24, 2.45) is 17.2 Å². The maximum atomic E-state index is 11.3. The molecular weight excluding hydrogens is 802 g/mol. The van der Waals surface area contributed by atoms with Crippen molar-refractivity contribution in [3.05, 3.63) is 0 Å². The van der Waals surface area contributed by atoms with E-state index >= 15 is 0 Å². The summed E-state index contributed by atoms with van der Waals surface area (Å²) < 4.78 is 28.6. The number of primary amides is 1. The molecule has 0 aromatic carbocycles. The van der Waals surface area contributed by atoms with Gasteiger partial charge in [0.25, 0.3) is 0 Å². The number of methoxy groups -OCH3 is 2. The second-order valence-electron chi connectivity index (χ2n) is 16.1. The fourth-order valence-corrected chi connectivity index (χ4v) is 3.25. The number of nitrogens with one attached hydrogen (secondary N) is 4. The van der Waals surface area contributed by atoms with E-state index in [0.29, 0.717) is 6.42 Å². The molecule has 0 saturated carbocycles. The zero-order valence-electron chi connectivity index (χ0n) is 37.4. The van der Waals surface area contributed by atoms with E-state index in [1.807, 2.05) is 5.32 Å². The molecule has 0 aromatic rings. The second kappa shape index (κ2) is 28.7. The lowest BCUT2D eigenvalue weighted by Gasteiger charge is -2.21. The van der Waals surface area contributed by atoms with Gasteiger partial charge in [-0.15, -0.1) is 0 Å². The van der Waals surface area contributed by atoms with Gasteiger partial charge in [-0.1, -0.05) is 6.92 Å². The molecule has 24 heteroatoms. The number of alkyl carbamates (subject to hydrolysis) is 4. The van der Waals surface area contributed by atoms with Crippen LogP contribution < -0.4 is 38.5 Å². The highest BCUT2D eigenvalue weighted by Crippen LogP contribution is 2.09. The summed E-state index contributed by atoms with van der Waals surface area (Å²) in [6, 6.07) is -3.99. The van der Waals surface area contributed by atoms with Gasteiger partial charge in [-0.25, -0.2) is 38.4 Å². The van der Waals surface area contributed by atoms with Crippen LogP contribution >= 0.6 is 0 Å². The predicted octanol–water partition coefficient (Wildman–Crippen LogP) is 1.24. The molecular formula is C36H69N7O17. The molecule has 0 heterocycles. The summed E-state index contributed by atoms with van der Waals surface area (Å²) in [5, 5.41) is 26.2. The predicted molar refractivity (Wildman–Crippen MR) is 214 cm³/mol. The van der Waals surface area contributed by atoms with Crippen LogP contribution in [0.4, 0.5) is 19.2 Å². The Morgan fingerprint density at radius 3 is 0.950 bits per heavy atom. The molecule has 0 aromatic heterocycles.